The number of nitrogens with zero attached hydrogens (tertiary/aromatic N) is 6. The summed E-state index contributed by atoms with van der Waals surface area (Å²) in [6.07, 6.45) is 8.78. The minimum absolute atomic E-state index is 0.199. The molecule has 0 bridgehead atoms. The van der Waals surface area contributed by atoms with Crippen molar-refractivity contribution in [3.8, 4) is 17.5 Å². The monoisotopic (exact) mass is 523 g/mol. The minimum atomic E-state index is -0.381. The van der Waals surface area contributed by atoms with Crippen LogP contribution in [0.4, 0.5) is 0 Å². The molecule has 194 valence electrons. The van der Waals surface area contributed by atoms with Crippen molar-refractivity contribution in [3.63, 3.8) is 0 Å². The number of nitrogens with one attached hydrogen (secondary N) is 1. The Labute approximate surface area is 230 Å². The summed E-state index contributed by atoms with van der Waals surface area (Å²) in [5, 5.41) is 8.98. The minimum Gasteiger partial charge on any atom is -0.375 e. The van der Waals surface area contributed by atoms with Crippen LogP contribution < -0.4 is 10.9 Å². The van der Waals surface area contributed by atoms with Crippen molar-refractivity contribution in [2.75, 3.05) is 0 Å². The fraction of sp³-hybridized carbons (Fsp3) is 0.0938. The van der Waals surface area contributed by atoms with Gasteiger partial charge in [0.05, 0.1) is 39.9 Å². The molecule has 0 fully saturated rings. The molecule has 4 heterocycles. The number of fused-ring (bicyclic) bond motifs is 2. The first-order valence-corrected chi connectivity index (χ1v) is 12.8. The lowest BCUT2D eigenvalue weighted by Crippen LogP contribution is -2.30. The molecule has 0 aliphatic rings. The van der Waals surface area contributed by atoms with E-state index in [9.17, 15) is 4.79 Å². The zero-order chi connectivity index (χ0) is 27.6. The molecule has 0 radical (unpaired) electrons. The number of para-hydroxylation sites is 1. The summed E-state index contributed by atoms with van der Waals surface area (Å²) < 4.78 is 3.33. The first-order chi connectivity index (χ1) is 19.5. The van der Waals surface area contributed by atoms with Gasteiger partial charge in [0.25, 0.3) is 5.56 Å². The highest BCUT2D eigenvalue weighted by Gasteiger charge is 2.20. The van der Waals surface area contributed by atoms with Crippen LogP contribution in [0.1, 0.15) is 35.5 Å². The van der Waals surface area contributed by atoms with E-state index in [1.165, 1.54) is 0 Å². The highest BCUT2D eigenvalue weighted by Crippen LogP contribution is 2.24. The molecule has 0 spiro atoms. The largest absolute Gasteiger partial charge is 0.375 e. The molecule has 1 atom stereocenters. The van der Waals surface area contributed by atoms with Crippen LogP contribution in [0.2, 0.25) is 0 Å². The Morgan fingerprint density at radius 3 is 2.65 bits per heavy atom. The van der Waals surface area contributed by atoms with Crippen molar-refractivity contribution in [2.24, 2.45) is 7.05 Å². The maximum atomic E-state index is 14.2. The van der Waals surface area contributed by atoms with Crippen LogP contribution in [0.5, 0.6) is 0 Å². The van der Waals surface area contributed by atoms with Gasteiger partial charge in [-0.25, -0.2) is 4.98 Å². The molecule has 8 nitrogen and oxygen atoms in total. The van der Waals surface area contributed by atoms with Crippen LogP contribution in [0.15, 0.2) is 103 Å². The van der Waals surface area contributed by atoms with Gasteiger partial charge in [-0.1, -0.05) is 42.7 Å². The Kier molecular flexibility index (Phi) is 6.38. The third kappa shape index (κ3) is 4.61. The summed E-state index contributed by atoms with van der Waals surface area (Å²) in [6, 6.07) is 18.5. The van der Waals surface area contributed by atoms with E-state index in [4.69, 9.17) is 4.98 Å². The summed E-state index contributed by atoms with van der Waals surface area (Å²) in [4.78, 5) is 28.1. The molecule has 0 amide bonds. The van der Waals surface area contributed by atoms with Gasteiger partial charge in [0.2, 0.25) is 0 Å². The quantitative estimate of drug-likeness (QED) is 0.327. The van der Waals surface area contributed by atoms with Crippen LogP contribution in [0.25, 0.3) is 33.2 Å². The fourth-order valence-corrected chi connectivity index (χ4v) is 4.72. The van der Waals surface area contributed by atoms with Crippen molar-refractivity contribution in [1.82, 2.24) is 34.6 Å². The van der Waals surface area contributed by atoms with Gasteiger partial charge in [-0.2, -0.15) is 5.10 Å². The van der Waals surface area contributed by atoms with Crippen LogP contribution >= 0.6 is 0 Å². The first-order valence-electron chi connectivity index (χ1n) is 12.8. The smallest absolute Gasteiger partial charge is 0.267 e. The molecular weight excluding hydrogens is 498 g/mol. The molecular formula is C32H25N7O. The fourth-order valence-electron chi connectivity index (χ4n) is 4.72. The van der Waals surface area contributed by atoms with E-state index < -0.39 is 0 Å². The summed E-state index contributed by atoms with van der Waals surface area (Å²) in [7, 11) is 1.84. The molecule has 4 aromatic heterocycles. The first kappa shape index (κ1) is 24.8. The number of aromatic nitrogens is 6. The summed E-state index contributed by atoms with van der Waals surface area (Å²) in [6.45, 7) is 6.22. The van der Waals surface area contributed by atoms with Crippen molar-refractivity contribution in [2.45, 2.75) is 13.0 Å². The lowest BCUT2D eigenvalue weighted by molar-refractivity contribution is 0.624. The van der Waals surface area contributed by atoms with Crippen molar-refractivity contribution in [3.05, 3.63) is 131 Å². The van der Waals surface area contributed by atoms with Gasteiger partial charge < -0.3 is 5.32 Å². The molecule has 0 saturated carbocycles. The van der Waals surface area contributed by atoms with Gasteiger partial charge in [-0.3, -0.25) is 24.0 Å². The zero-order valence-electron chi connectivity index (χ0n) is 22.0. The number of benzene rings is 2. The average molecular weight is 524 g/mol. The van der Waals surface area contributed by atoms with Crippen LogP contribution in [-0.4, -0.2) is 29.3 Å². The van der Waals surface area contributed by atoms with Gasteiger partial charge in [-0.05, 0) is 43.3 Å². The predicted molar refractivity (Wildman–Crippen MR) is 157 cm³/mol. The van der Waals surface area contributed by atoms with E-state index in [0.29, 0.717) is 33.7 Å². The standard InChI is InChI=1S/C32H25N7O/c1-21(27-19-33-18-25-10-8-16-34-30(25)27)36-22(2)31-37-28-13-7-9-24(15-14-23-17-35-38(3)20-23)29(28)32(40)39(31)26-11-5-4-6-12-26/h4-13,16-20,22,36H,1H2,2-3H3/t22-/m0/s1. The highest BCUT2D eigenvalue weighted by atomic mass is 16.1. The Morgan fingerprint density at radius 1 is 1.00 bits per heavy atom. The Bertz CT molecular complexity index is 2010. The van der Waals surface area contributed by atoms with Crippen LogP contribution in [0, 0.1) is 11.8 Å². The molecule has 2 aromatic carbocycles. The predicted octanol–water partition coefficient (Wildman–Crippen LogP) is 4.78. The van der Waals surface area contributed by atoms with E-state index in [1.807, 2.05) is 80.8 Å². The van der Waals surface area contributed by atoms with Crippen molar-refractivity contribution >= 4 is 27.5 Å². The van der Waals surface area contributed by atoms with Gasteiger partial charge in [0.1, 0.15) is 5.82 Å². The maximum Gasteiger partial charge on any atom is 0.267 e. The van der Waals surface area contributed by atoms with Crippen LogP contribution in [-0.2, 0) is 7.05 Å². The molecule has 0 saturated heterocycles. The van der Waals surface area contributed by atoms with E-state index in [1.54, 1.807) is 34.0 Å². The normalized spacial score (nSPS) is 11.7. The summed E-state index contributed by atoms with van der Waals surface area (Å²) in [5.41, 5.74) is 4.66. The molecule has 6 aromatic rings. The highest BCUT2D eigenvalue weighted by molar-refractivity contribution is 5.89. The van der Waals surface area contributed by atoms with Gasteiger partial charge >= 0.3 is 0 Å². The number of hydrogen-bond donors (Lipinski definition) is 1. The number of rotatable bonds is 5. The van der Waals surface area contributed by atoms with Crippen molar-refractivity contribution in [1.29, 1.82) is 0 Å². The van der Waals surface area contributed by atoms with Gasteiger partial charge in [0.15, 0.2) is 0 Å². The zero-order valence-corrected chi connectivity index (χ0v) is 22.0. The summed E-state index contributed by atoms with van der Waals surface area (Å²) >= 11 is 0. The summed E-state index contributed by atoms with van der Waals surface area (Å²) in [5.74, 6) is 6.81. The Morgan fingerprint density at radius 2 is 1.85 bits per heavy atom. The second-order valence-electron chi connectivity index (χ2n) is 9.41. The lowest BCUT2D eigenvalue weighted by Gasteiger charge is -2.22. The molecule has 0 aliphatic carbocycles. The lowest BCUT2D eigenvalue weighted by atomic mass is 10.1. The number of aryl methyl sites for hydroxylation is 1. The third-order valence-corrected chi connectivity index (χ3v) is 6.60. The van der Waals surface area contributed by atoms with Crippen molar-refractivity contribution < 1.29 is 0 Å². The van der Waals surface area contributed by atoms with Gasteiger partial charge in [0, 0.05) is 54.0 Å². The molecule has 1 N–H and O–H groups in total. The van der Waals surface area contributed by atoms with E-state index in [0.717, 1.165) is 22.0 Å². The van der Waals surface area contributed by atoms with Crippen LogP contribution in [0.3, 0.4) is 0 Å². The van der Waals surface area contributed by atoms with E-state index >= 15 is 0 Å². The van der Waals surface area contributed by atoms with E-state index in [-0.39, 0.29) is 11.6 Å². The topological polar surface area (TPSA) is 90.5 Å². The van der Waals surface area contributed by atoms with Gasteiger partial charge in [-0.15, -0.1) is 0 Å². The maximum absolute atomic E-state index is 14.2. The second kappa shape index (κ2) is 10.3. The molecule has 6 rings (SSSR count). The molecule has 8 heteroatoms. The SMILES string of the molecule is C=C(N[C@@H](C)c1nc2cccc(C#Cc3cnn(C)c3)c2c(=O)n1-c1ccccc1)c1cncc2cccnc12. The Hall–Kier alpha value is -5.55. The Balaban J connectivity index is 1.47. The van der Waals surface area contributed by atoms with E-state index in [2.05, 4.69) is 38.8 Å². The average Bonchev–Trinajstić information content (AvgIpc) is 3.40. The number of pyridine rings is 2. The number of hydrogen-bond acceptors (Lipinski definition) is 6. The molecule has 0 aliphatic heterocycles. The second-order valence-corrected chi connectivity index (χ2v) is 9.41. The molecule has 40 heavy (non-hydrogen) atoms. The molecule has 0 unspecified atom stereocenters. The third-order valence-electron chi connectivity index (χ3n) is 6.60.